The zero-order valence-corrected chi connectivity index (χ0v) is 9.65. The van der Waals surface area contributed by atoms with Crippen molar-refractivity contribution in [2.24, 2.45) is 5.41 Å². The second-order valence-corrected chi connectivity index (χ2v) is 3.80. The highest BCUT2D eigenvalue weighted by Gasteiger charge is 2.25. The zero-order chi connectivity index (χ0) is 10.2. The van der Waals surface area contributed by atoms with Crippen LogP contribution in [-0.4, -0.2) is 26.8 Å². The third kappa shape index (κ3) is 5.27. The third-order valence-electron chi connectivity index (χ3n) is 2.72. The topological polar surface area (TPSA) is 21.3 Å². The maximum Gasteiger partial charge on any atom is 0.0467 e. The summed E-state index contributed by atoms with van der Waals surface area (Å²) in [4.78, 5) is 0. The van der Waals surface area contributed by atoms with Gasteiger partial charge in [-0.2, -0.15) is 0 Å². The van der Waals surface area contributed by atoms with Gasteiger partial charge >= 0.3 is 0 Å². The summed E-state index contributed by atoms with van der Waals surface area (Å²) in [6.45, 7) is 9.64. The third-order valence-corrected chi connectivity index (χ3v) is 2.72. The van der Waals surface area contributed by atoms with E-state index in [4.69, 9.17) is 4.74 Å². The maximum atomic E-state index is 5.09. The van der Waals surface area contributed by atoms with Crippen LogP contribution in [0.1, 0.15) is 40.0 Å². The first-order valence-corrected chi connectivity index (χ1v) is 5.46. The Morgan fingerprint density at radius 3 is 2.23 bits per heavy atom. The molecule has 1 rings (SSSR count). The second-order valence-electron chi connectivity index (χ2n) is 3.80. The van der Waals surface area contributed by atoms with Crippen molar-refractivity contribution in [3.8, 4) is 0 Å². The number of piperidine rings is 1. The molecule has 1 fully saturated rings. The van der Waals surface area contributed by atoms with E-state index in [1.165, 1.54) is 32.4 Å². The summed E-state index contributed by atoms with van der Waals surface area (Å²) >= 11 is 0. The number of hydrogen-bond donors (Lipinski definition) is 1. The van der Waals surface area contributed by atoms with Crippen LogP contribution in [0.4, 0.5) is 0 Å². The van der Waals surface area contributed by atoms with Crippen LogP contribution in [0.3, 0.4) is 0 Å². The summed E-state index contributed by atoms with van der Waals surface area (Å²) in [5, 5.41) is 3.38. The number of methoxy groups -OCH3 is 1. The molecule has 1 N–H and O–H groups in total. The van der Waals surface area contributed by atoms with Gasteiger partial charge in [0.1, 0.15) is 0 Å². The Labute approximate surface area is 83.1 Å². The summed E-state index contributed by atoms with van der Waals surface area (Å²) in [6.07, 6.45) is 3.82. The molecule has 80 valence electrons. The highest BCUT2D eigenvalue weighted by atomic mass is 16.5. The molecule has 1 heterocycles. The minimum absolute atomic E-state index is 0.543. The molecule has 0 radical (unpaired) electrons. The van der Waals surface area contributed by atoms with Crippen LogP contribution in [0.5, 0.6) is 0 Å². The van der Waals surface area contributed by atoms with E-state index in [0.717, 1.165) is 6.61 Å². The minimum atomic E-state index is 0.543. The van der Waals surface area contributed by atoms with E-state index in [1.807, 2.05) is 13.8 Å². The van der Waals surface area contributed by atoms with Crippen LogP contribution >= 0.6 is 0 Å². The van der Waals surface area contributed by atoms with Gasteiger partial charge in [0, 0.05) is 13.7 Å². The molecule has 1 aliphatic rings. The summed E-state index contributed by atoms with van der Waals surface area (Å²) in [5.41, 5.74) is 0.543. The van der Waals surface area contributed by atoms with Gasteiger partial charge in [-0.15, -0.1) is 0 Å². The Bertz CT molecular complexity index is 109. The quantitative estimate of drug-likeness (QED) is 0.732. The number of rotatable bonds is 3. The maximum absolute atomic E-state index is 5.09. The standard InChI is InChI=1S/C9H19NO.C2H6/c1-9(5-8-11-2)3-6-10-7-4-9;1-2/h10H,3-8H2,1-2H3;1-2H3. The Morgan fingerprint density at radius 1 is 1.23 bits per heavy atom. The lowest BCUT2D eigenvalue weighted by Crippen LogP contribution is -2.35. The molecule has 0 aromatic heterocycles. The molecule has 0 saturated carbocycles. The van der Waals surface area contributed by atoms with Crippen molar-refractivity contribution in [2.45, 2.75) is 40.0 Å². The van der Waals surface area contributed by atoms with Gasteiger partial charge in [0.2, 0.25) is 0 Å². The van der Waals surface area contributed by atoms with Gasteiger partial charge < -0.3 is 10.1 Å². The first-order chi connectivity index (χ1) is 6.27. The fourth-order valence-corrected chi connectivity index (χ4v) is 1.63. The predicted octanol–water partition coefficient (Wildman–Crippen LogP) is 2.44. The highest BCUT2D eigenvalue weighted by Crippen LogP contribution is 2.31. The Kier molecular flexibility index (Phi) is 7.29. The number of ether oxygens (including phenoxy) is 1. The molecular weight excluding hydrogens is 162 g/mol. The molecule has 0 aromatic rings. The van der Waals surface area contributed by atoms with Crippen molar-refractivity contribution in [3.63, 3.8) is 0 Å². The molecule has 1 aliphatic heterocycles. The highest BCUT2D eigenvalue weighted by molar-refractivity contribution is 4.79. The van der Waals surface area contributed by atoms with Crippen molar-refractivity contribution >= 4 is 0 Å². The lowest BCUT2D eigenvalue weighted by Gasteiger charge is -2.33. The van der Waals surface area contributed by atoms with E-state index < -0.39 is 0 Å². The largest absolute Gasteiger partial charge is 0.385 e. The Hall–Kier alpha value is -0.0800. The fraction of sp³-hybridized carbons (Fsp3) is 1.00. The normalized spacial score (nSPS) is 20.3. The first-order valence-electron chi connectivity index (χ1n) is 5.46. The average Bonchev–Trinajstić information content (AvgIpc) is 2.19. The summed E-state index contributed by atoms with van der Waals surface area (Å²) in [7, 11) is 1.78. The molecule has 0 bridgehead atoms. The van der Waals surface area contributed by atoms with Gasteiger partial charge in [0.25, 0.3) is 0 Å². The van der Waals surface area contributed by atoms with Crippen molar-refractivity contribution < 1.29 is 4.74 Å². The summed E-state index contributed by atoms with van der Waals surface area (Å²) < 4.78 is 5.09. The smallest absolute Gasteiger partial charge is 0.0467 e. The van der Waals surface area contributed by atoms with Crippen molar-refractivity contribution in [3.05, 3.63) is 0 Å². The zero-order valence-electron chi connectivity index (χ0n) is 9.65. The number of nitrogens with one attached hydrogen (secondary N) is 1. The number of hydrogen-bond acceptors (Lipinski definition) is 2. The van der Waals surface area contributed by atoms with Crippen molar-refractivity contribution in [2.75, 3.05) is 26.8 Å². The van der Waals surface area contributed by atoms with E-state index in [1.54, 1.807) is 7.11 Å². The molecule has 1 saturated heterocycles. The average molecular weight is 187 g/mol. The van der Waals surface area contributed by atoms with Gasteiger partial charge in [-0.1, -0.05) is 20.8 Å². The minimum Gasteiger partial charge on any atom is -0.385 e. The van der Waals surface area contributed by atoms with Crippen LogP contribution in [-0.2, 0) is 4.74 Å². The molecular formula is C11H25NO. The lowest BCUT2D eigenvalue weighted by atomic mass is 9.78. The SMILES string of the molecule is CC.COCCC1(C)CCNCC1. The fourth-order valence-electron chi connectivity index (χ4n) is 1.63. The van der Waals surface area contributed by atoms with E-state index in [0.29, 0.717) is 5.41 Å². The van der Waals surface area contributed by atoms with Crippen LogP contribution in [0, 0.1) is 5.41 Å². The first kappa shape index (κ1) is 12.9. The Morgan fingerprint density at radius 2 is 1.77 bits per heavy atom. The van der Waals surface area contributed by atoms with E-state index in [2.05, 4.69) is 12.2 Å². The molecule has 0 spiro atoms. The monoisotopic (exact) mass is 187 g/mol. The van der Waals surface area contributed by atoms with Gasteiger partial charge in [-0.3, -0.25) is 0 Å². The van der Waals surface area contributed by atoms with Crippen LogP contribution in [0.15, 0.2) is 0 Å². The van der Waals surface area contributed by atoms with Crippen LogP contribution in [0.25, 0.3) is 0 Å². The van der Waals surface area contributed by atoms with Gasteiger partial charge in [0.15, 0.2) is 0 Å². The molecule has 2 nitrogen and oxygen atoms in total. The Balaban J connectivity index is 0.000000671. The van der Waals surface area contributed by atoms with E-state index in [-0.39, 0.29) is 0 Å². The molecule has 0 unspecified atom stereocenters. The van der Waals surface area contributed by atoms with Crippen molar-refractivity contribution in [1.82, 2.24) is 5.32 Å². The predicted molar refractivity (Wildman–Crippen MR) is 58.1 cm³/mol. The van der Waals surface area contributed by atoms with E-state index >= 15 is 0 Å². The van der Waals surface area contributed by atoms with Gasteiger partial charge in [-0.05, 0) is 37.8 Å². The molecule has 0 aromatic carbocycles. The van der Waals surface area contributed by atoms with Gasteiger partial charge in [-0.25, -0.2) is 0 Å². The van der Waals surface area contributed by atoms with Crippen molar-refractivity contribution in [1.29, 1.82) is 0 Å². The molecule has 0 amide bonds. The molecule has 13 heavy (non-hydrogen) atoms. The van der Waals surface area contributed by atoms with Crippen LogP contribution < -0.4 is 5.32 Å². The molecule has 2 heteroatoms. The van der Waals surface area contributed by atoms with E-state index in [9.17, 15) is 0 Å². The summed E-state index contributed by atoms with van der Waals surface area (Å²) in [5.74, 6) is 0. The molecule has 0 aliphatic carbocycles. The van der Waals surface area contributed by atoms with Gasteiger partial charge in [0.05, 0.1) is 0 Å². The second kappa shape index (κ2) is 7.34. The summed E-state index contributed by atoms with van der Waals surface area (Å²) in [6, 6.07) is 0. The lowest BCUT2D eigenvalue weighted by molar-refractivity contribution is 0.121. The molecule has 0 atom stereocenters. The van der Waals surface area contributed by atoms with Crippen LogP contribution in [0.2, 0.25) is 0 Å².